The second-order valence-corrected chi connectivity index (χ2v) is 6.78. The van der Waals surface area contributed by atoms with Crippen molar-refractivity contribution in [2.75, 3.05) is 6.54 Å². The molecule has 8 heteroatoms. The summed E-state index contributed by atoms with van der Waals surface area (Å²) >= 11 is 0. The number of carbonyl (C=O) groups excluding carboxylic acids is 2. The molecule has 0 aliphatic carbocycles. The molecule has 0 saturated heterocycles. The Balaban J connectivity index is 1.67. The number of hydrogen-bond donors (Lipinski definition) is 2. The molecule has 0 saturated carbocycles. The zero-order chi connectivity index (χ0) is 21.2. The molecular formula is C21H24N4O4. The summed E-state index contributed by atoms with van der Waals surface area (Å²) in [6, 6.07) is 13.3. The fraction of sp³-hybridized carbons (Fsp3) is 0.286. The van der Waals surface area contributed by atoms with E-state index in [1.807, 2.05) is 24.3 Å². The summed E-state index contributed by atoms with van der Waals surface area (Å²) in [4.78, 5) is 33.8. The number of rotatable bonds is 9. The average Bonchev–Trinajstić information content (AvgIpc) is 2.71. The van der Waals surface area contributed by atoms with E-state index in [1.165, 1.54) is 29.8 Å². The SMILES string of the molecule is CC(C)c1ccc(C=NNC(=O)CCCNC(=O)c2ccc([N+](=O)[O-])cc2)cc1. The topological polar surface area (TPSA) is 114 Å². The molecule has 2 amide bonds. The van der Waals surface area contributed by atoms with Crippen LogP contribution in [0.25, 0.3) is 0 Å². The summed E-state index contributed by atoms with van der Waals surface area (Å²) in [5, 5.41) is 17.2. The third kappa shape index (κ3) is 7.17. The highest BCUT2D eigenvalue weighted by atomic mass is 16.6. The van der Waals surface area contributed by atoms with Gasteiger partial charge in [0.1, 0.15) is 0 Å². The molecule has 0 atom stereocenters. The third-order valence-electron chi connectivity index (χ3n) is 4.21. The maximum atomic E-state index is 12.0. The standard InChI is InChI=1S/C21H24N4O4/c1-15(2)17-7-5-16(6-8-17)14-23-24-20(26)4-3-13-22-21(27)18-9-11-19(12-10-18)25(28)29/h5-12,14-15H,3-4,13H2,1-2H3,(H,22,27)(H,24,26). The number of nitrogens with one attached hydrogen (secondary N) is 2. The third-order valence-corrected chi connectivity index (χ3v) is 4.21. The van der Waals surface area contributed by atoms with Gasteiger partial charge in [-0.1, -0.05) is 38.1 Å². The summed E-state index contributed by atoms with van der Waals surface area (Å²) in [5.74, 6) is -0.130. The van der Waals surface area contributed by atoms with Crippen molar-refractivity contribution in [2.45, 2.75) is 32.6 Å². The number of benzene rings is 2. The van der Waals surface area contributed by atoms with E-state index in [1.54, 1.807) is 6.21 Å². The molecule has 0 heterocycles. The first-order valence-electron chi connectivity index (χ1n) is 9.31. The number of hydrazone groups is 1. The quantitative estimate of drug-likeness (QED) is 0.293. The van der Waals surface area contributed by atoms with E-state index >= 15 is 0 Å². The van der Waals surface area contributed by atoms with Gasteiger partial charge in [0.25, 0.3) is 11.6 Å². The van der Waals surface area contributed by atoms with Gasteiger partial charge < -0.3 is 5.32 Å². The van der Waals surface area contributed by atoms with Crippen molar-refractivity contribution in [3.63, 3.8) is 0 Å². The van der Waals surface area contributed by atoms with Gasteiger partial charge >= 0.3 is 0 Å². The molecule has 0 aliphatic rings. The number of nitro benzene ring substituents is 1. The lowest BCUT2D eigenvalue weighted by Crippen LogP contribution is -2.26. The lowest BCUT2D eigenvalue weighted by molar-refractivity contribution is -0.384. The van der Waals surface area contributed by atoms with E-state index < -0.39 is 4.92 Å². The fourth-order valence-electron chi connectivity index (χ4n) is 2.49. The number of nitrogens with zero attached hydrogens (tertiary/aromatic N) is 2. The zero-order valence-electron chi connectivity index (χ0n) is 16.4. The Kier molecular flexibility index (Phi) is 8.02. The first-order valence-corrected chi connectivity index (χ1v) is 9.31. The second-order valence-electron chi connectivity index (χ2n) is 6.78. The predicted molar refractivity (Wildman–Crippen MR) is 111 cm³/mol. The van der Waals surface area contributed by atoms with Crippen LogP contribution in [-0.4, -0.2) is 29.5 Å². The van der Waals surface area contributed by atoms with Crippen molar-refractivity contribution < 1.29 is 14.5 Å². The Morgan fingerprint density at radius 2 is 1.76 bits per heavy atom. The molecule has 2 aromatic rings. The van der Waals surface area contributed by atoms with Gasteiger partial charge in [-0.15, -0.1) is 0 Å². The Bertz CT molecular complexity index is 875. The van der Waals surface area contributed by atoms with Gasteiger partial charge in [-0.05, 0) is 35.6 Å². The smallest absolute Gasteiger partial charge is 0.269 e. The Labute approximate surface area is 169 Å². The van der Waals surface area contributed by atoms with E-state index in [2.05, 4.69) is 29.7 Å². The normalized spacial score (nSPS) is 10.9. The van der Waals surface area contributed by atoms with E-state index in [4.69, 9.17) is 0 Å². The van der Waals surface area contributed by atoms with Crippen molar-refractivity contribution in [1.82, 2.24) is 10.7 Å². The van der Waals surface area contributed by atoms with Crippen LogP contribution in [0.4, 0.5) is 5.69 Å². The summed E-state index contributed by atoms with van der Waals surface area (Å²) in [6.07, 6.45) is 2.24. The minimum atomic E-state index is -0.524. The first kappa shape index (κ1) is 21.7. The highest BCUT2D eigenvalue weighted by Crippen LogP contribution is 2.14. The van der Waals surface area contributed by atoms with E-state index in [-0.39, 0.29) is 23.9 Å². The first-order chi connectivity index (χ1) is 13.9. The molecule has 0 aliphatic heterocycles. The summed E-state index contributed by atoms with van der Waals surface area (Å²) in [7, 11) is 0. The molecule has 0 unspecified atom stereocenters. The number of nitro groups is 1. The maximum absolute atomic E-state index is 12.0. The summed E-state index contributed by atoms with van der Waals surface area (Å²) < 4.78 is 0. The molecule has 152 valence electrons. The van der Waals surface area contributed by atoms with E-state index in [9.17, 15) is 19.7 Å². The van der Waals surface area contributed by atoms with Crippen LogP contribution in [0.5, 0.6) is 0 Å². The molecule has 0 radical (unpaired) electrons. The van der Waals surface area contributed by atoms with Gasteiger partial charge in [0.2, 0.25) is 5.91 Å². The van der Waals surface area contributed by atoms with Crippen LogP contribution in [0.15, 0.2) is 53.6 Å². The van der Waals surface area contributed by atoms with Crippen LogP contribution in [0.2, 0.25) is 0 Å². The van der Waals surface area contributed by atoms with Gasteiger partial charge in [-0.2, -0.15) is 5.10 Å². The van der Waals surface area contributed by atoms with Crippen molar-refractivity contribution in [3.8, 4) is 0 Å². The molecule has 2 N–H and O–H groups in total. The predicted octanol–water partition coefficient (Wildman–Crippen LogP) is 3.38. The van der Waals surface area contributed by atoms with Gasteiger partial charge in [0.15, 0.2) is 0 Å². The Hall–Kier alpha value is -3.55. The van der Waals surface area contributed by atoms with Gasteiger partial charge in [0.05, 0.1) is 11.1 Å². The summed E-state index contributed by atoms with van der Waals surface area (Å²) in [6.45, 7) is 4.55. The number of non-ortho nitro benzene ring substituents is 1. The fourth-order valence-corrected chi connectivity index (χ4v) is 2.49. The van der Waals surface area contributed by atoms with Crippen LogP contribution in [0.3, 0.4) is 0 Å². The van der Waals surface area contributed by atoms with Crippen molar-refractivity contribution in [1.29, 1.82) is 0 Å². The van der Waals surface area contributed by atoms with Crippen LogP contribution in [-0.2, 0) is 4.79 Å². The Morgan fingerprint density at radius 3 is 2.34 bits per heavy atom. The molecule has 2 aromatic carbocycles. The van der Waals surface area contributed by atoms with Gasteiger partial charge in [-0.3, -0.25) is 19.7 Å². The van der Waals surface area contributed by atoms with Crippen LogP contribution < -0.4 is 10.7 Å². The molecule has 8 nitrogen and oxygen atoms in total. The minimum absolute atomic E-state index is 0.0744. The van der Waals surface area contributed by atoms with Crippen molar-refractivity contribution in [2.24, 2.45) is 5.10 Å². The lowest BCUT2D eigenvalue weighted by Gasteiger charge is -2.05. The zero-order valence-corrected chi connectivity index (χ0v) is 16.4. The van der Waals surface area contributed by atoms with E-state index in [0.29, 0.717) is 24.4 Å². The van der Waals surface area contributed by atoms with Crippen LogP contribution >= 0.6 is 0 Å². The molecule has 0 bridgehead atoms. The van der Waals surface area contributed by atoms with Gasteiger partial charge in [0, 0.05) is 30.7 Å². The molecule has 0 fully saturated rings. The number of amides is 2. The van der Waals surface area contributed by atoms with Crippen molar-refractivity contribution >= 4 is 23.7 Å². The molecule has 29 heavy (non-hydrogen) atoms. The van der Waals surface area contributed by atoms with E-state index in [0.717, 1.165) is 5.56 Å². The lowest BCUT2D eigenvalue weighted by atomic mass is 10.0. The monoisotopic (exact) mass is 396 g/mol. The highest BCUT2D eigenvalue weighted by molar-refractivity contribution is 5.94. The molecule has 2 rings (SSSR count). The molecular weight excluding hydrogens is 372 g/mol. The van der Waals surface area contributed by atoms with Crippen molar-refractivity contribution in [3.05, 3.63) is 75.3 Å². The van der Waals surface area contributed by atoms with Gasteiger partial charge in [-0.25, -0.2) is 5.43 Å². The second kappa shape index (κ2) is 10.7. The highest BCUT2D eigenvalue weighted by Gasteiger charge is 2.09. The maximum Gasteiger partial charge on any atom is 0.269 e. The van der Waals surface area contributed by atoms with Crippen LogP contribution in [0, 0.1) is 10.1 Å². The largest absolute Gasteiger partial charge is 0.352 e. The average molecular weight is 396 g/mol. The molecule has 0 aromatic heterocycles. The minimum Gasteiger partial charge on any atom is -0.352 e. The van der Waals surface area contributed by atoms with Crippen LogP contribution in [0.1, 0.15) is 54.1 Å². The number of hydrogen-bond acceptors (Lipinski definition) is 5. The molecule has 0 spiro atoms. The summed E-state index contributed by atoms with van der Waals surface area (Å²) in [5.41, 5.74) is 4.84. The Morgan fingerprint density at radius 1 is 1.10 bits per heavy atom. The number of carbonyl (C=O) groups is 2.